The molecule has 0 aromatic carbocycles. The summed E-state index contributed by atoms with van der Waals surface area (Å²) in [4.78, 5) is 24.1. The van der Waals surface area contributed by atoms with Crippen LogP contribution in [0.15, 0.2) is 17.1 Å². The van der Waals surface area contributed by atoms with E-state index >= 15 is 0 Å². The summed E-state index contributed by atoms with van der Waals surface area (Å²) in [5.74, 6) is 6.25. The lowest BCUT2D eigenvalue weighted by Gasteiger charge is -1.94. The van der Waals surface area contributed by atoms with Crippen molar-refractivity contribution in [1.29, 1.82) is 0 Å². The maximum Gasteiger partial charge on any atom is 0.248 e. The van der Waals surface area contributed by atoms with Gasteiger partial charge in [-0.05, 0) is 12.5 Å². The van der Waals surface area contributed by atoms with E-state index in [1.54, 1.807) is 6.20 Å². The highest BCUT2D eigenvalue weighted by Crippen LogP contribution is 2.01. The van der Waals surface area contributed by atoms with Crippen LogP contribution in [0.3, 0.4) is 0 Å². The van der Waals surface area contributed by atoms with Crippen LogP contribution in [0.2, 0.25) is 0 Å². The van der Waals surface area contributed by atoms with E-state index in [-0.39, 0.29) is 10.7 Å². The van der Waals surface area contributed by atoms with Crippen molar-refractivity contribution in [1.82, 2.24) is 4.98 Å². The number of thioether (sulfide) groups is 1. The highest BCUT2D eigenvalue weighted by Gasteiger charge is 1.94. The first-order valence-electron chi connectivity index (χ1n) is 4.41. The van der Waals surface area contributed by atoms with E-state index < -0.39 is 0 Å². The van der Waals surface area contributed by atoms with Gasteiger partial charge in [-0.2, -0.15) is 0 Å². The van der Waals surface area contributed by atoms with Crippen LogP contribution >= 0.6 is 11.8 Å². The van der Waals surface area contributed by atoms with Crippen LogP contribution in [-0.2, 0) is 4.79 Å². The molecule has 1 heterocycles. The lowest BCUT2D eigenvalue weighted by molar-refractivity contribution is -0.109. The number of aromatic amines is 1. The summed E-state index contributed by atoms with van der Waals surface area (Å²) in [6, 6.07) is 1.50. The molecule has 0 spiro atoms. The van der Waals surface area contributed by atoms with Crippen molar-refractivity contribution < 1.29 is 4.79 Å². The molecule has 0 unspecified atom stereocenters. The van der Waals surface area contributed by atoms with Gasteiger partial charge in [0.15, 0.2) is 5.12 Å². The summed E-state index contributed by atoms with van der Waals surface area (Å²) < 4.78 is 0. The molecule has 0 aliphatic rings. The molecule has 0 saturated carbocycles. The topological polar surface area (TPSA) is 49.9 Å². The van der Waals surface area contributed by atoms with E-state index in [9.17, 15) is 9.59 Å². The molecule has 0 fully saturated rings. The van der Waals surface area contributed by atoms with Crippen molar-refractivity contribution in [3.63, 3.8) is 0 Å². The molecule has 0 saturated heterocycles. The van der Waals surface area contributed by atoms with Crippen molar-refractivity contribution in [2.45, 2.75) is 13.8 Å². The number of pyridine rings is 1. The number of aryl methyl sites for hydroxylation is 1. The van der Waals surface area contributed by atoms with Crippen LogP contribution in [0.1, 0.15) is 18.1 Å². The summed E-state index contributed by atoms with van der Waals surface area (Å²) in [5.41, 5.74) is 1.51. The molecule has 3 nitrogen and oxygen atoms in total. The Hall–Kier alpha value is -1.47. The Labute approximate surface area is 92.3 Å². The van der Waals surface area contributed by atoms with Gasteiger partial charge < -0.3 is 4.98 Å². The Morgan fingerprint density at radius 3 is 2.93 bits per heavy atom. The van der Waals surface area contributed by atoms with E-state index in [1.165, 1.54) is 24.8 Å². The van der Waals surface area contributed by atoms with E-state index in [0.29, 0.717) is 5.75 Å². The number of carbonyl (C=O) groups is 1. The van der Waals surface area contributed by atoms with Crippen LogP contribution in [-0.4, -0.2) is 15.9 Å². The van der Waals surface area contributed by atoms with Crippen molar-refractivity contribution in [2.24, 2.45) is 0 Å². The van der Waals surface area contributed by atoms with Gasteiger partial charge in [0.05, 0.1) is 5.75 Å². The molecule has 0 amide bonds. The molecule has 0 aliphatic carbocycles. The third-order valence-electron chi connectivity index (χ3n) is 1.70. The van der Waals surface area contributed by atoms with Crippen LogP contribution < -0.4 is 5.56 Å². The molecule has 1 N–H and O–H groups in total. The number of hydrogen-bond acceptors (Lipinski definition) is 3. The van der Waals surface area contributed by atoms with Crippen LogP contribution in [0.5, 0.6) is 0 Å². The van der Waals surface area contributed by atoms with Gasteiger partial charge in [-0.15, -0.1) is 0 Å². The van der Waals surface area contributed by atoms with Gasteiger partial charge in [0.2, 0.25) is 5.56 Å². The highest BCUT2D eigenvalue weighted by atomic mass is 32.2. The number of nitrogens with one attached hydrogen (secondary N) is 1. The molecule has 1 aromatic rings. The summed E-state index contributed by atoms with van der Waals surface area (Å²) in [5, 5.41) is 0.0579. The zero-order chi connectivity index (χ0) is 11.3. The summed E-state index contributed by atoms with van der Waals surface area (Å²) in [6.45, 7) is 3.34. The van der Waals surface area contributed by atoms with Crippen molar-refractivity contribution >= 4 is 16.9 Å². The molecule has 4 heteroatoms. The number of hydrogen-bond donors (Lipinski definition) is 1. The molecule has 0 atom stereocenters. The Kier molecular flexibility index (Phi) is 4.19. The molecule has 1 aromatic heterocycles. The van der Waals surface area contributed by atoms with Crippen molar-refractivity contribution in [3.05, 3.63) is 33.7 Å². The first-order valence-corrected chi connectivity index (χ1v) is 5.39. The number of aromatic nitrogens is 1. The molecule has 0 radical (unpaired) electrons. The second-order valence-corrected chi connectivity index (χ2v) is 4.13. The average molecular weight is 221 g/mol. The lowest BCUT2D eigenvalue weighted by Crippen LogP contribution is -2.04. The largest absolute Gasteiger partial charge is 0.328 e. The van der Waals surface area contributed by atoms with Crippen molar-refractivity contribution in [3.8, 4) is 11.8 Å². The number of carbonyl (C=O) groups excluding carboxylic acids is 1. The van der Waals surface area contributed by atoms with Crippen LogP contribution in [0.25, 0.3) is 0 Å². The average Bonchev–Trinajstić information content (AvgIpc) is 2.14. The maximum atomic E-state index is 10.9. The fraction of sp³-hybridized carbons (Fsp3) is 0.273. The SMILES string of the molecule is CC(=O)SCC#Cc1c[nH]c(=O)cc1C. The van der Waals surface area contributed by atoms with Gasteiger partial charge in [-0.25, -0.2) is 0 Å². The van der Waals surface area contributed by atoms with E-state index in [2.05, 4.69) is 16.8 Å². The first kappa shape index (κ1) is 11.6. The molecule has 78 valence electrons. The fourth-order valence-electron chi connectivity index (χ4n) is 0.977. The number of rotatable bonds is 1. The minimum absolute atomic E-state index is 0.0579. The van der Waals surface area contributed by atoms with E-state index in [1.807, 2.05) is 6.92 Å². The first-order chi connectivity index (χ1) is 7.09. The monoisotopic (exact) mass is 221 g/mol. The number of H-pyrrole nitrogens is 1. The van der Waals surface area contributed by atoms with E-state index in [4.69, 9.17) is 0 Å². The third-order valence-corrected chi connectivity index (χ3v) is 2.40. The van der Waals surface area contributed by atoms with Gasteiger partial charge in [0.1, 0.15) is 0 Å². The van der Waals surface area contributed by atoms with Crippen LogP contribution in [0.4, 0.5) is 0 Å². The second kappa shape index (κ2) is 5.42. The van der Waals surface area contributed by atoms with Gasteiger partial charge in [-0.3, -0.25) is 9.59 Å². The molecule has 15 heavy (non-hydrogen) atoms. The fourth-order valence-corrected chi connectivity index (χ4v) is 1.32. The predicted molar refractivity (Wildman–Crippen MR) is 61.8 cm³/mol. The molecule has 0 bridgehead atoms. The molecule has 1 rings (SSSR count). The Bertz CT molecular complexity index is 479. The normalized spacial score (nSPS) is 9.20. The van der Waals surface area contributed by atoms with Crippen molar-refractivity contribution in [2.75, 3.05) is 5.75 Å². The highest BCUT2D eigenvalue weighted by molar-refractivity contribution is 8.13. The predicted octanol–water partition coefficient (Wildman–Crippen LogP) is 1.31. The summed E-state index contributed by atoms with van der Waals surface area (Å²) >= 11 is 1.18. The van der Waals surface area contributed by atoms with Crippen LogP contribution in [0, 0.1) is 18.8 Å². The molecular weight excluding hydrogens is 210 g/mol. The summed E-state index contributed by atoms with van der Waals surface area (Å²) in [6.07, 6.45) is 1.59. The zero-order valence-corrected chi connectivity index (χ0v) is 9.40. The Morgan fingerprint density at radius 1 is 1.60 bits per heavy atom. The van der Waals surface area contributed by atoms with Gasteiger partial charge in [-0.1, -0.05) is 23.6 Å². The Balaban J connectivity index is 2.72. The van der Waals surface area contributed by atoms with Gasteiger partial charge >= 0.3 is 0 Å². The van der Waals surface area contributed by atoms with E-state index in [0.717, 1.165) is 11.1 Å². The smallest absolute Gasteiger partial charge is 0.248 e. The standard InChI is InChI=1S/C11H11NO2S/c1-8-6-11(14)12-7-10(8)4-3-5-15-9(2)13/h6-7H,5H2,1-2H3,(H,12,14). The van der Waals surface area contributed by atoms with Gasteiger partial charge in [0, 0.05) is 24.8 Å². The molecular formula is C11H11NO2S. The summed E-state index contributed by atoms with van der Waals surface area (Å²) in [7, 11) is 0. The van der Waals surface area contributed by atoms with Gasteiger partial charge in [0.25, 0.3) is 0 Å². The second-order valence-electron chi connectivity index (χ2n) is 2.98. The molecule has 0 aliphatic heterocycles. The maximum absolute atomic E-state index is 10.9. The quantitative estimate of drug-likeness (QED) is 0.727. The minimum atomic E-state index is -0.129. The minimum Gasteiger partial charge on any atom is -0.328 e. The third kappa shape index (κ3) is 4.05. The zero-order valence-electron chi connectivity index (χ0n) is 8.59. The Morgan fingerprint density at radius 2 is 2.33 bits per heavy atom. The lowest BCUT2D eigenvalue weighted by atomic mass is 10.2.